The Kier molecular flexibility index (Phi) is 3.05. The molecule has 0 unspecified atom stereocenters. The number of aromatic amines is 1. The molecule has 16 heavy (non-hydrogen) atoms. The van der Waals surface area contributed by atoms with Crippen LogP contribution in [0.2, 0.25) is 0 Å². The van der Waals surface area contributed by atoms with Crippen LogP contribution in [-0.2, 0) is 6.42 Å². The lowest BCUT2D eigenvalue weighted by atomic mass is 10.2. The second kappa shape index (κ2) is 4.65. The average Bonchev–Trinajstić information content (AvgIpc) is 2.59. The van der Waals surface area contributed by atoms with Crippen LogP contribution in [0, 0.1) is 6.92 Å². The smallest absolute Gasteiger partial charge is 0.168 e. The molecule has 0 atom stereocenters. The van der Waals surface area contributed by atoms with Gasteiger partial charge in [0.05, 0.1) is 0 Å². The molecule has 0 aliphatic rings. The zero-order valence-electron chi connectivity index (χ0n) is 9.20. The molecule has 0 fully saturated rings. The van der Waals surface area contributed by atoms with Crippen LogP contribution in [-0.4, -0.2) is 21.5 Å². The molecule has 0 radical (unpaired) electrons. The number of aromatic nitrogens is 3. The largest absolute Gasteiger partial charge is 0.382 e. The number of anilines is 2. The van der Waals surface area contributed by atoms with Crippen molar-refractivity contribution < 1.29 is 0 Å². The Labute approximate surface area is 94.1 Å². The molecule has 0 saturated heterocycles. The predicted molar refractivity (Wildman–Crippen MR) is 64.2 cm³/mol. The number of imidazole rings is 1. The van der Waals surface area contributed by atoms with E-state index in [-0.39, 0.29) is 0 Å². The van der Waals surface area contributed by atoms with Gasteiger partial charge in [0.25, 0.3) is 0 Å². The van der Waals surface area contributed by atoms with E-state index in [1.807, 2.05) is 25.3 Å². The summed E-state index contributed by atoms with van der Waals surface area (Å²) in [4.78, 5) is 11.2. The first-order valence-corrected chi connectivity index (χ1v) is 5.20. The average molecular weight is 217 g/mol. The number of aryl methyl sites for hydroxylation is 1. The molecule has 0 bridgehead atoms. The van der Waals surface area contributed by atoms with Gasteiger partial charge in [-0.25, -0.2) is 4.98 Å². The van der Waals surface area contributed by atoms with Gasteiger partial charge in [-0.2, -0.15) is 0 Å². The fourth-order valence-electron chi connectivity index (χ4n) is 1.52. The molecule has 0 saturated carbocycles. The fourth-order valence-corrected chi connectivity index (χ4v) is 1.52. The van der Waals surface area contributed by atoms with E-state index in [2.05, 4.69) is 20.3 Å². The van der Waals surface area contributed by atoms with Crippen molar-refractivity contribution in [3.63, 3.8) is 0 Å². The quantitative estimate of drug-likeness (QED) is 0.722. The Bertz CT molecular complexity index is 449. The van der Waals surface area contributed by atoms with Gasteiger partial charge in [-0.1, -0.05) is 6.07 Å². The molecular weight excluding hydrogens is 202 g/mol. The van der Waals surface area contributed by atoms with Crippen molar-refractivity contribution in [1.29, 1.82) is 0 Å². The maximum absolute atomic E-state index is 5.73. The van der Waals surface area contributed by atoms with Crippen molar-refractivity contribution >= 4 is 11.6 Å². The van der Waals surface area contributed by atoms with Gasteiger partial charge in [0.15, 0.2) is 5.82 Å². The monoisotopic (exact) mass is 217 g/mol. The van der Waals surface area contributed by atoms with E-state index in [4.69, 9.17) is 5.73 Å². The number of nitrogen functional groups attached to an aromatic ring is 1. The molecule has 2 aromatic rings. The molecule has 2 heterocycles. The Morgan fingerprint density at radius 3 is 3.00 bits per heavy atom. The first kappa shape index (κ1) is 10.5. The van der Waals surface area contributed by atoms with Crippen LogP contribution in [0.1, 0.15) is 11.4 Å². The molecule has 0 spiro atoms. The van der Waals surface area contributed by atoms with E-state index in [0.717, 1.165) is 24.6 Å². The maximum Gasteiger partial charge on any atom is 0.168 e. The van der Waals surface area contributed by atoms with E-state index in [9.17, 15) is 0 Å². The Balaban J connectivity index is 1.87. The molecule has 0 aromatic carbocycles. The molecule has 2 aromatic heterocycles. The van der Waals surface area contributed by atoms with Crippen LogP contribution in [0.3, 0.4) is 0 Å². The summed E-state index contributed by atoms with van der Waals surface area (Å²) < 4.78 is 0. The van der Waals surface area contributed by atoms with Crippen LogP contribution in [0.5, 0.6) is 0 Å². The van der Waals surface area contributed by atoms with Gasteiger partial charge in [-0.3, -0.25) is 4.98 Å². The standard InChI is InChI=1S/C11H15N5/c1-8-15-10(12)11(16-8)14-6-4-9-3-2-5-13-7-9/h2-3,5,7,14H,4,6,12H2,1H3,(H,15,16). The number of hydrogen-bond acceptors (Lipinski definition) is 4. The molecule has 0 amide bonds. The number of hydrogen-bond donors (Lipinski definition) is 3. The van der Waals surface area contributed by atoms with Gasteiger partial charge < -0.3 is 16.0 Å². The molecular formula is C11H15N5. The Morgan fingerprint density at radius 1 is 1.50 bits per heavy atom. The summed E-state index contributed by atoms with van der Waals surface area (Å²) in [5, 5.41) is 3.19. The van der Waals surface area contributed by atoms with E-state index in [1.165, 1.54) is 5.56 Å². The summed E-state index contributed by atoms with van der Waals surface area (Å²) in [7, 11) is 0. The third-order valence-electron chi connectivity index (χ3n) is 2.28. The lowest BCUT2D eigenvalue weighted by molar-refractivity contribution is 0.995. The number of H-pyrrole nitrogens is 1. The first-order valence-electron chi connectivity index (χ1n) is 5.20. The molecule has 2 rings (SSSR count). The molecule has 5 nitrogen and oxygen atoms in total. The maximum atomic E-state index is 5.73. The second-order valence-corrected chi connectivity index (χ2v) is 3.62. The van der Waals surface area contributed by atoms with Crippen LogP contribution in [0.15, 0.2) is 24.5 Å². The van der Waals surface area contributed by atoms with E-state index in [1.54, 1.807) is 6.20 Å². The van der Waals surface area contributed by atoms with E-state index >= 15 is 0 Å². The molecule has 4 N–H and O–H groups in total. The minimum Gasteiger partial charge on any atom is -0.382 e. The minimum atomic E-state index is 0.587. The Morgan fingerprint density at radius 2 is 2.38 bits per heavy atom. The van der Waals surface area contributed by atoms with Crippen molar-refractivity contribution in [3.8, 4) is 0 Å². The fraction of sp³-hybridized carbons (Fsp3) is 0.273. The summed E-state index contributed by atoms with van der Waals surface area (Å²) >= 11 is 0. The summed E-state index contributed by atoms with van der Waals surface area (Å²) in [6.07, 6.45) is 4.53. The molecule has 5 heteroatoms. The van der Waals surface area contributed by atoms with Crippen molar-refractivity contribution in [1.82, 2.24) is 15.0 Å². The van der Waals surface area contributed by atoms with Crippen LogP contribution < -0.4 is 11.1 Å². The zero-order chi connectivity index (χ0) is 11.4. The highest BCUT2D eigenvalue weighted by Gasteiger charge is 2.03. The summed E-state index contributed by atoms with van der Waals surface area (Å²) in [5.41, 5.74) is 6.92. The molecule has 0 aliphatic carbocycles. The van der Waals surface area contributed by atoms with Crippen molar-refractivity contribution in [2.24, 2.45) is 0 Å². The second-order valence-electron chi connectivity index (χ2n) is 3.62. The van der Waals surface area contributed by atoms with Crippen LogP contribution in [0.25, 0.3) is 0 Å². The summed E-state index contributed by atoms with van der Waals surface area (Å²) in [6, 6.07) is 3.98. The number of nitrogens with zero attached hydrogens (tertiary/aromatic N) is 2. The summed E-state index contributed by atoms with van der Waals surface area (Å²) in [5.74, 6) is 2.13. The highest BCUT2D eigenvalue weighted by atomic mass is 15.1. The Hall–Kier alpha value is -2.04. The summed E-state index contributed by atoms with van der Waals surface area (Å²) in [6.45, 7) is 2.67. The lowest BCUT2D eigenvalue weighted by Gasteiger charge is -2.03. The number of pyridine rings is 1. The van der Waals surface area contributed by atoms with Gasteiger partial charge in [-0.15, -0.1) is 0 Å². The van der Waals surface area contributed by atoms with Crippen molar-refractivity contribution in [2.75, 3.05) is 17.6 Å². The topological polar surface area (TPSA) is 79.6 Å². The van der Waals surface area contributed by atoms with Crippen molar-refractivity contribution in [3.05, 3.63) is 35.9 Å². The highest BCUT2D eigenvalue weighted by molar-refractivity contribution is 5.56. The third-order valence-corrected chi connectivity index (χ3v) is 2.28. The minimum absolute atomic E-state index is 0.587. The van der Waals surface area contributed by atoms with Gasteiger partial charge in [0.1, 0.15) is 11.6 Å². The van der Waals surface area contributed by atoms with Crippen LogP contribution >= 0.6 is 0 Å². The number of nitrogens with one attached hydrogen (secondary N) is 2. The van der Waals surface area contributed by atoms with Crippen molar-refractivity contribution in [2.45, 2.75) is 13.3 Å². The van der Waals surface area contributed by atoms with Gasteiger partial charge in [-0.05, 0) is 25.0 Å². The normalized spacial score (nSPS) is 10.3. The third kappa shape index (κ3) is 2.50. The lowest BCUT2D eigenvalue weighted by Crippen LogP contribution is -2.06. The van der Waals surface area contributed by atoms with Gasteiger partial charge in [0.2, 0.25) is 0 Å². The van der Waals surface area contributed by atoms with E-state index in [0.29, 0.717) is 5.82 Å². The first-order chi connectivity index (χ1) is 7.75. The van der Waals surface area contributed by atoms with E-state index < -0.39 is 0 Å². The SMILES string of the molecule is Cc1nc(NCCc2cccnc2)c(N)[nH]1. The van der Waals surface area contributed by atoms with Gasteiger partial charge in [0, 0.05) is 18.9 Å². The number of rotatable bonds is 4. The molecule has 0 aliphatic heterocycles. The van der Waals surface area contributed by atoms with Crippen LogP contribution in [0.4, 0.5) is 11.6 Å². The predicted octanol–water partition coefficient (Wildman–Crippen LogP) is 1.35. The van der Waals surface area contributed by atoms with Gasteiger partial charge >= 0.3 is 0 Å². The highest BCUT2D eigenvalue weighted by Crippen LogP contribution is 2.13. The molecule has 84 valence electrons. The number of nitrogens with two attached hydrogens (primary N) is 1. The zero-order valence-corrected chi connectivity index (χ0v) is 9.20.